The maximum atomic E-state index is 10.4. The molecule has 0 heterocycles. The second kappa shape index (κ2) is 4.82. The minimum Gasteiger partial charge on any atom is -0.274 e. The third-order valence-corrected chi connectivity index (χ3v) is 2.47. The second-order valence-electron chi connectivity index (χ2n) is 0.924. The highest BCUT2D eigenvalue weighted by Crippen LogP contribution is 2.44. The van der Waals surface area contributed by atoms with E-state index in [1.165, 1.54) is 0 Å². The standard InChI is InChI=1S/C2H4Br2O4P/c3-1-7-9(5,6)8-2-4/h1-2H2. The van der Waals surface area contributed by atoms with Gasteiger partial charge >= 0.3 is 7.82 Å². The summed E-state index contributed by atoms with van der Waals surface area (Å²) in [6.07, 6.45) is 0. The highest BCUT2D eigenvalue weighted by atomic mass is 79.9. The Morgan fingerprint density at radius 1 is 1.22 bits per heavy atom. The van der Waals surface area contributed by atoms with Gasteiger partial charge in [0.15, 0.2) is 0 Å². The van der Waals surface area contributed by atoms with Crippen LogP contribution in [0.3, 0.4) is 0 Å². The van der Waals surface area contributed by atoms with E-state index in [2.05, 4.69) is 40.9 Å². The molecule has 0 saturated heterocycles. The van der Waals surface area contributed by atoms with Gasteiger partial charge in [-0.2, -0.15) is 0 Å². The van der Waals surface area contributed by atoms with E-state index in [4.69, 9.17) is 0 Å². The van der Waals surface area contributed by atoms with E-state index in [9.17, 15) is 9.46 Å². The Balaban J connectivity index is 3.58. The van der Waals surface area contributed by atoms with Crippen LogP contribution in [0.1, 0.15) is 0 Å². The fraction of sp³-hybridized carbons (Fsp3) is 1.00. The molecule has 0 amide bonds. The predicted octanol–water partition coefficient (Wildman–Crippen LogP) is 2.26. The van der Waals surface area contributed by atoms with E-state index in [1.807, 2.05) is 0 Å². The molecule has 4 nitrogen and oxygen atoms in total. The van der Waals surface area contributed by atoms with Gasteiger partial charge in [0.2, 0.25) is 0 Å². The van der Waals surface area contributed by atoms with Crippen LogP contribution in [0.25, 0.3) is 0 Å². The number of hydrogen-bond acceptors (Lipinski definition) is 3. The van der Waals surface area contributed by atoms with Crippen molar-refractivity contribution in [2.24, 2.45) is 0 Å². The summed E-state index contributed by atoms with van der Waals surface area (Å²) in [5.74, 6) is 0. The molecule has 0 aromatic carbocycles. The zero-order valence-corrected chi connectivity index (χ0v) is 8.32. The van der Waals surface area contributed by atoms with Crippen molar-refractivity contribution in [3.05, 3.63) is 0 Å². The molecule has 0 aliphatic carbocycles. The zero-order chi connectivity index (χ0) is 7.33. The smallest absolute Gasteiger partial charge is 0.274 e. The maximum Gasteiger partial charge on any atom is 0.504 e. The molecule has 0 aromatic rings. The molecule has 0 aliphatic rings. The molecule has 1 radical (unpaired) electrons. The van der Waals surface area contributed by atoms with E-state index in [0.29, 0.717) is 0 Å². The van der Waals surface area contributed by atoms with Gasteiger partial charge in [0.05, 0.1) is 0 Å². The Labute approximate surface area is 69.4 Å². The lowest BCUT2D eigenvalue weighted by Crippen LogP contribution is -1.88. The van der Waals surface area contributed by atoms with E-state index < -0.39 is 7.82 Å². The van der Waals surface area contributed by atoms with Crippen LogP contribution in [0, 0.1) is 0 Å². The molecule has 55 valence electrons. The van der Waals surface area contributed by atoms with Crippen LogP contribution in [-0.4, -0.2) is 11.0 Å². The molecule has 0 unspecified atom stereocenters. The molecule has 0 N–H and O–H groups in total. The normalized spacial score (nSPS) is 11.9. The number of alkyl halides is 2. The summed E-state index contributed by atoms with van der Waals surface area (Å²) in [6.45, 7) is 0. The van der Waals surface area contributed by atoms with Gasteiger partial charge in [0, 0.05) is 0 Å². The first kappa shape index (κ1) is 10.1. The summed E-state index contributed by atoms with van der Waals surface area (Å²) < 4.78 is 18.6. The molecule has 0 aliphatic heterocycles. The van der Waals surface area contributed by atoms with Crippen LogP contribution in [0.15, 0.2) is 0 Å². The number of halogens is 2. The summed E-state index contributed by atoms with van der Waals surface area (Å²) in [4.78, 5) is 10.4. The van der Waals surface area contributed by atoms with E-state index in [0.717, 1.165) is 0 Å². The molecule has 0 saturated carbocycles. The van der Waals surface area contributed by atoms with Crippen molar-refractivity contribution in [1.29, 1.82) is 0 Å². The zero-order valence-electron chi connectivity index (χ0n) is 4.25. The highest BCUT2D eigenvalue weighted by molar-refractivity contribution is 9.09. The summed E-state index contributed by atoms with van der Waals surface area (Å²) in [7, 11) is -4.04. The first-order valence-corrected chi connectivity index (χ1v) is 5.55. The second-order valence-corrected chi connectivity index (χ2v) is 3.25. The Kier molecular flexibility index (Phi) is 5.39. The predicted molar refractivity (Wildman–Crippen MR) is 38.1 cm³/mol. The van der Waals surface area contributed by atoms with Crippen LogP contribution >= 0.6 is 39.7 Å². The number of rotatable bonds is 4. The van der Waals surface area contributed by atoms with Crippen LogP contribution < -0.4 is 0 Å². The van der Waals surface area contributed by atoms with Gasteiger partial charge in [-0.25, -0.2) is 4.57 Å². The van der Waals surface area contributed by atoms with Gasteiger partial charge in [-0.3, -0.25) is 9.05 Å². The summed E-state index contributed by atoms with van der Waals surface area (Å²) in [6, 6.07) is 0. The van der Waals surface area contributed by atoms with Crippen molar-refractivity contribution in [1.82, 2.24) is 0 Å². The molecule has 7 heteroatoms. The van der Waals surface area contributed by atoms with E-state index >= 15 is 0 Å². The van der Waals surface area contributed by atoms with Crippen molar-refractivity contribution in [3.8, 4) is 0 Å². The van der Waals surface area contributed by atoms with Gasteiger partial charge in [-0.1, -0.05) is 31.9 Å². The molecule has 0 atom stereocenters. The third kappa shape index (κ3) is 5.51. The van der Waals surface area contributed by atoms with Crippen LogP contribution in [0.5, 0.6) is 0 Å². The fourth-order valence-corrected chi connectivity index (χ4v) is 1.97. The topological polar surface area (TPSA) is 55.4 Å². The molecular weight excluding hydrogens is 279 g/mol. The van der Waals surface area contributed by atoms with Crippen molar-refractivity contribution in [3.63, 3.8) is 0 Å². The van der Waals surface area contributed by atoms with Gasteiger partial charge in [-0.15, -0.1) is 4.89 Å². The Morgan fingerprint density at radius 2 is 1.56 bits per heavy atom. The average Bonchev–Trinajstić information content (AvgIpc) is 1.64. The lowest BCUT2D eigenvalue weighted by Gasteiger charge is -2.03. The Morgan fingerprint density at radius 3 is 1.78 bits per heavy atom. The van der Waals surface area contributed by atoms with Crippen molar-refractivity contribution < 1.29 is 18.5 Å². The first-order chi connectivity index (χ1) is 4.12. The Hall–Kier alpha value is 1.07. The lowest BCUT2D eigenvalue weighted by molar-refractivity contribution is 0.167. The molecule has 0 rings (SSSR count). The van der Waals surface area contributed by atoms with Gasteiger partial charge in [0.1, 0.15) is 11.0 Å². The van der Waals surface area contributed by atoms with Gasteiger partial charge in [0.25, 0.3) is 0 Å². The minimum absolute atomic E-state index is 0.0826. The number of hydrogen-bond donors (Lipinski definition) is 0. The SMILES string of the molecule is [O]P(=O)(OCBr)OCBr. The average molecular weight is 283 g/mol. The van der Waals surface area contributed by atoms with E-state index in [-0.39, 0.29) is 11.0 Å². The largest absolute Gasteiger partial charge is 0.504 e. The Bertz CT molecular complexity index is 107. The van der Waals surface area contributed by atoms with Crippen molar-refractivity contribution >= 4 is 39.7 Å². The van der Waals surface area contributed by atoms with Gasteiger partial charge < -0.3 is 0 Å². The highest BCUT2D eigenvalue weighted by Gasteiger charge is 2.21. The maximum absolute atomic E-state index is 10.4. The van der Waals surface area contributed by atoms with Crippen molar-refractivity contribution in [2.45, 2.75) is 0 Å². The van der Waals surface area contributed by atoms with Crippen LogP contribution in [-0.2, 0) is 18.5 Å². The fourth-order valence-electron chi connectivity index (χ4n) is 0.157. The van der Waals surface area contributed by atoms with Gasteiger partial charge in [-0.05, 0) is 0 Å². The van der Waals surface area contributed by atoms with Crippen LogP contribution in [0.4, 0.5) is 0 Å². The molecule has 0 aromatic heterocycles. The molecule has 0 spiro atoms. The van der Waals surface area contributed by atoms with Crippen LogP contribution in [0.2, 0.25) is 0 Å². The molecule has 9 heavy (non-hydrogen) atoms. The third-order valence-electron chi connectivity index (χ3n) is 0.414. The summed E-state index contributed by atoms with van der Waals surface area (Å²) in [5.41, 5.74) is -0.165. The summed E-state index contributed by atoms with van der Waals surface area (Å²) >= 11 is 5.53. The molecular formula is C2H4Br2O4P. The quantitative estimate of drug-likeness (QED) is 0.587. The lowest BCUT2D eigenvalue weighted by atomic mass is 11.8. The van der Waals surface area contributed by atoms with Crippen molar-refractivity contribution in [2.75, 3.05) is 11.0 Å². The summed E-state index contributed by atoms with van der Waals surface area (Å²) in [5, 5.41) is 0. The first-order valence-electron chi connectivity index (χ1n) is 1.84. The molecule has 0 fully saturated rings. The monoisotopic (exact) mass is 281 g/mol. The minimum atomic E-state index is -4.04. The van der Waals surface area contributed by atoms with E-state index in [1.54, 1.807) is 0 Å². The molecule has 0 bridgehead atoms.